The largest absolute Gasteiger partial charge is 0.335 e. The molecule has 1 rings (SSSR count). The molecule has 0 aliphatic rings. The molecule has 1 aromatic rings. The Hall–Kier alpha value is -1.66. The van der Waals surface area contributed by atoms with Crippen molar-refractivity contribution in [3.8, 4) is 0 Å². The molecule has 0 aliphatic heterocycles. The fourth-order valence-electron chi connectivity index (χ4n) is 3.32. The van der Waals surface area contributed by atoms with Crippen molar-refractivity contribution in [3.63, 3.8) is 0 Å². The minimum absolute atomic E-state index is 0.0522. The number of benzene rings is 1. The van der Waals surface area contributed by atoms with Gasteiger partial charge in [0, 0.05) is 17.1 Å². The average molecular weight is 480 g/mol. The van der Waals surface area contributed by atoms with Crippen molar-refractivity contribution in [1.82, 2.24) is 15.1 Å². The van der Waals surface area contributed by atoms with Gasteiger partial charge in [0.25, 0.3) is 0 Å². The van der Waals surface area contributed by atoms with E-state index in [1.54, 1.807) is 0 Å². The molecule has 2 unspecified atom stereocenters. The summed E-state index contributed by atoms with van der Waals surface area (Å²) >= 11 is 3.40. The predicted octanol–water partition coefficient (Wildman–Crippen LogP) is 5.60. The van der Waals surface area contributed by atoms with Crippen LogP contribution in [0.25, 0.3) is 0 Å². The highest BCUT2D eigenvalue weighted by molar-refractivity contribution is 9.10. The molecule has 1 N–H and O–H groups in total. The smallest absolute Gasteiger partial charge is 0.324 e. The monoisotopic (exact) mass is 479 g/mol. The lowest BCUT2D eigenvalue weighted by Crippen LogP contribution is -2.45. The predicted molar refractivity (Wildman–Crippen MR) is 128 cm³/mol. The van der Waals surface area contributed by atoms with Crippen LogP contribution in [0, 0.1) is 5.92 Å². The minimum Gasteiger partial charge on any atom is -0.335 e. The number of carbonyl (C=O) groups is 2. The van der Waals surface area contributed by atoms with E-state index in [1.165, 1.54) is 4.90 Å². The summed E-state index contributed by atoms with van der Waals surface area (Å²) in [5.74, 6) is 0.552. The molecule has 0 aromatic heterocycles. The Balaban J connectivity index is 2.54. The van der Waals surface area contributed by atoms with Gasteiger partial charge in [-0.1, -0.05) is 54.9 Å². The van der Waals surface area contributed by atoms with E-state index in [-0.39, 0.29) is 18.6 Å². The SMILES string of the molecule is C=CC(C)CCCN(CCC)CCC(CC)NC(=O)N(C=O)Cc1ccc(Br)cc1. The molecule has 0 saturated heterocycles. The second-order valence-corrected chi connectivity index (χ2v) is 8.82. The Kier molecular flexibility index (Phi) is 13.4. The number of nitrogens with zero attached hydrogens (tertiary/aromatic N) is 2. The van der Waals surface area contributed by atoms with Gasteiger partial charge in [0.2, 0.25) is 6.41 Å². The van der Waals surface area contributed by atoms with Crippen molar-refractivity contribution in [3.05, 3.63) is 47.0 Å². The van der Waals surface area contributed by atoms with Gasteiger partial charge in [-0.25, -0.2) is 4.79 Å². The first-order valence-corrected chi connectivity index (χ1v) is 11.8. The highest BCUT2D eigenvalue weighted by atomic mass is 79.9. The van der Waals surface area contributed by atoms with E-state index in [9.17, 15) is 9.59 Å². The highest BCUT2D eigenvalue weighted by Crippen LogP contribution is 2.13. The van der Waals surface area contributed by atoms with Crippen LogP contribution in [0.3, 0.4) is 0 Å². The lowest BCUT2D eigenvalue weighted by molar-refractivity contribution is -0.116. The van der Waals surface area contributed by atoms with E-state index in [1.807, 2.05) is 30.3 Å². The topological polar surface area (TPSA) is 52.7 Å². The second kappa shape index (κ2) is 15.2. The van der Waals surface area contributed by atoms with Crippen molar-refractivity contribution < 1.29 is 9.59 Å². The molecule has 2 atom stereocenters. The molecule has 5 nitrogen and oxygen atoms in total. The third kappa shape index (κ3) is 10.4. The van der Waals surface area contributed by atoms with Gasteiger partial charge < -0.3 is 10.2 Å². The van der Waals surface area contributed by atoms with E-state index >= 15 is 0 Å². The number of nitrogens with one attached hydrogen (secondary N) is 1. The van der Waals surface area contributed by atoms with E-state index in [0.717, 1.165) is 61.8 Å². The van der Waals surface area contributed by atoms with Crippen LogP contribution in [-0.2, 0) is 11.3 Å². The highest BCUT2D eigenvalue weighted by Gasteiger charge is 2.18. The normalized spacial score (nSPS) is 13.0. The Bertz CT molecular complexity index is 636. The standard InChI is InChI=1S/C24H38BrN3O2/c1-5-15-27(16-8-9-20(4)6-2)17-14-23(7-3)26-24(30)28(19-29)18-21-10-12-22(25)13-11-21/h6,10-13,19-20,23H,2,5,7-9,14-18H2,1,3-4H3,(H,26,30). The third-order valence-corrected chi connectivity index (χ3v) is 5.87. The zero-order chi connectivity index (χ0) is 22.4. The maximum Gasteiger partial charge on any atom is 0.324 e. The van der Waals surface area contributed by atoms with Gasteiger partial charge in [-0.2, -0.15) is 0 Å². The van der Waals surface area contributed by atoms with Crippen molar-refractivity contribution in [1.29, 1.82) is 0 Å². The number of allylic oxidation sites excluding steroid dienone is 1. The molecule has 30 heavy (non-hydrogen) atoms. The first-order chi connectivity index (χ1) is 14.4. The van der Waals surface area contributed by atoms with Crippen LogP contribution in [-0.4, -0.2) is 47.9 Å². The summed E-state index contributed by atoms with van der Waals surface area (Å²) < 4.78 is 0.968. The summed E-state index contributed by atoms with van der Waals surface area (Å²) in [5.41, 5.74) is 0.913. The molecule has 168 valence electrons. The molecular formula is C24H38BrN3O2. The molecule has 6 heteroatoms. The molecule has 0 radical (unpaired) electrons. The molecule has 1 aromatic carbocycles. The first-order valence-electron chi connectivity index (χ1n) is 11.0. The molecule has 0 aliphatic carbocycles. The number of halogens is 1. The lowest BCUT2D eigenvalue weighted by atomic mass is 10.1. The van der Waals surface area contributed by atoms with Crippen LogP contribution in [0.2, 0.25) is 0 Å². The quantitative estimate of drug-likeness (QED) is 0.263. The maximum absolute atomic E-state index is 12.6. The second-order valence-electron chi connectivity index (χ2n) is 7.90. The number of hydrogen-bond acceptors (Lipinski definition) is 3. The van der Waals surface area contributed by atoms with Crippen LogP contribution in [0.15, 0.2) is 41.4 Å². The van der Waals surface area contributed by atoms with E-state index < -0.39 is 0 Å². The van der Waals surface area contributed by atoms with Crippen LogP contribution in [0.4, 0.5) is 4.79 Å². The van der Waals surface area contributed by atoms with Gasteiger partial charge in [-0.3, -0.25) is 9.69 Å². The van der Waals surface area contributed by atoms with Gasteiger partial charge in [0.05, 0.1) is 6.54 Å². The van der Waals surface area contributed by atoms with E-state index in [0.29, 0.717) is 12.3 Å². The zero-order valence-corrected chi connectivity index (χ0v) is 20.4. The summed E-state index contributed by atoms with van der Waals surface area (Å²) in [7, 11) is 0. The summed E-state index contributed by atoms with van der Waals surface area (Å²) in [6, 6.07) is 7.34. The number of amides is 3. The van der Waals surface area contributed by atoms with E-state index in [4.69, 9.17) is 0 Å². The lowest BCUT2D eigenvalue weighted by Gasteiger charge is -2.26. The van der Waals surface area contributed by atoms with Crippen LogP contribution in [0.5, 0.6) is 0 Å². The summed E-state index contributed by atoms with van der Waals surface area (Å²) in [6.45, 7) is 13.7. The average Bonchev–Trinajstić information content (AvgIpc) is 2.75. The minimum atomic E-state index is -0.332. The van der Waals surface area contributed by atoms with Crippen LogP contribution in [0.1, 0.15) is 58.4 Å². The van der Waals surface area contributed by atoms with Crippen LogP contribution < -0.4 is 5.32 Å². The van der Waals surface area contributed by atoms with Gasteiger partial charge in [-0.05, 0) is 68.8 Å². The molecular weight excluding hydrogens is 442 g/mol. The molecule has 0 saturated carbocycles. The third-order valence-electron chi connectivity index (χ3n) is 5.34. The maximum atomic E-state index is 12.6. The van der Waals surface area contributed by atoms with Gasteiger partial charge in [0.1, 0.15) is 0 Å². The number of imide groups is 1. The van der Waals surface area contributed by atoms with Gasteiger partial charge in [0.15, 0.2) is 0 Å². The number of hydrogen-bond donors (Lipinski definition) is 1. The molecule has 0 heterocycles. The molecule has 0 bridgehead atoms. The fraction of sp³-hybridized carbons (Fsp3) is 0.583. The molecule has 0 spiro atoms. The summed E-state index contributed by atoms with van der Waals surface area (Å²) in [6.07, 6.45) is 7.76. The summed E-state index contributed by atoms with van der Waals surface area (Å²) in [4.78, 5) is 27.8. The van der Waals surface area contributed by atoms with Crippen molar-refractivity contribution >= 4 is 28.4 Å². The zero-order valence-electron chi connectivity index (χ0n) is 18.8. The number of carbonyl (C=O) groups excluding carboxylic acids is 2. The fourth-order valence-corrected chi connectivity index (χ4v) is 3.59. The van der Waals surface area contributed by atoms with Crippen molar-refractivity contribution in [2.24, 2.45) is 5.92 Å². The number of rotatable bonds is 15. The number of urea groups is 1. The Morgan fingerprint density at radius 1 is 1.17 bits per heavy atom. The van der Waals surface area contributed by atoms with E-state index in [2.05, 4.69) is 53.5 Å². The Morgan fingerprint density at radius 2 is 1.87 bits per heavy atom. The summed E-state index contributed by atoms with van der Waals surface area (Å²) in [5, 5.41) is 3.04. The van der Waals surface area contributed by atoms with Crippen molar-refractivity contribution in [2.75, 3.05) is 19.6 Å². The van der Waals surface area contributed by atoms with Gasteiger partial charge >= 0.3 is 6.03 Å². The van der Waals surface area contributed by atoms with Gasteiger partial charge in [-0.15, -0.1) is 6.58 Å². The first kappa shape index (κ1) is 26.4. The molecule has 0 fully saturated rings. The Morgan fingerprint density at radius 3 is 2.43 bits per heavy atom. The Labute approximate surface area is 191 Å². The molecule has 3 amide bonds. The van der Waals surface area contributed by atoms with Crippen LogP contribution >= 0.6 is 15.9 Å². The van der Waals surface area contributed by atoms with Crippen molar-refractivity contribution in [2.45, 2.75) is 65.5 Å².